The molecule has 0 atom stereocenters. The number of hydrogen-bond donors (Lipinski definition) is 0. The van der Waals surface area contributed by atoms with E-state index >= 15 is 0 Å². The van der Waals surface area contributed by atoms with Crippen LogP contribution < -0.4 is 10.2 Å². The van der Waals surface area contributed by atoms with Crippen molar-refractivity contribution in [3.8, 4) is 17.3 Å². The van der Waals surface area contributed by atoms with Crippen LogP contribution in [0.15, 0.2) is 98.8 Å². The van der Waals surface area contributed by atoms with Crippen molar-refractivity contribution in [3.63, 3.8) is 0 Å². The van der Waals surface area contributed by atoms with E-state index in [1.165, 1.54) is 24.5 Å². The summed E-state index contributed by atoms with van der Waals surface area (Å²) in [5, 5.41) is 0.236. The lowest BCUT2D eigenvalue weighted by Gasteiger charge is -2.13. The lowest BCUT2D eigenvalue weighted by molar-refractivity contribution is 0.0641. The molecule has 1 aliphatic heterocycles. The Balaban J connectivity index is 1.35. The molecule has 8 nitrogen and oxygen atoms in total. The molecule has 2 aromatic heterocycles. The molecule has 0 unspecified atom stereocenters. The first-order valence-electron chi connectivity index (χ1n) is 11.8. The first-order chi connectivity index (χ1) is 18.4. The van der Waals surface area contributed by atoms with Crippen LogP contribution in [0, 0.1) is 6.92 Å². The number of carbonyl (C=O) groups is 3. The van der Waals surface area contributed by atoms with E-state index in [9.17, 15) is 19.2 Å². The molecular formula is C30H19NO7. The maximum absolute atomic E-state index is 13.3. The number of furan rings is 1. The van der Waals surface area contributed by atoms with Gasteiger partial charge in [0, 0.05) is 0 Å². The number of esters is 1. The minimum absolute atomic E-state index is 0.000240. The van der Waals surface area contributed by atoms with E-state index in [0.29, 0.717) is 5.58 Å². The maximum Gasteiger partial charge on any atom is 0.343 e. The van der Waals surface area contributed by atoms with E-state index in [4.69, 9.17) is 13.6 Å². The monoisotopic (exact) mass is 505 g/mol. The molecule has 3 heterocycles. The van der Waals surface area contributed by atoms with Crippen molar-refractivity contribution in [2.75, 3.05) is 0 Å². The topological polar surface area (TPSA) is 107 Å². The number of carbonyl (C=O) groups excluding carboxylic acids is 3. The molecule has 8 heteroatoms. The van der Waals surface area contributed by atoms with Gasteiger partial charge in [-0.3, -0.25) is 19.3 Å². The van der Waals surface area contributed by atoms with Crippen LogP contribution in [0.3, 0.4) is 0 Å². The summed E-state index contributed by atoms with van der Waals surface area (Å²) in [6.07, 6.45) is 1.41. The molecule has 0 saturated carbocycles. The predicted molar refractivity (Wildman–Crippen MR) is 137 cm³/mol. The molecule has 0 fully saturated rings. The van der Waals surface area contributed by atoms with Crippen molar-refractivity contribution in [2.24, 2.45) is 0 Å². The normalized spacial score (nSPS) is 12.7. The van der Waals surface area contributed by atoms with Crippen molar-refractivity contribution in [3.05, 3.63) is 123 Å². The molecule has 0 bridgehead atoms. The number of benzene rings is 3. The highest BCUT2D eigenvalue weighted by molar-refractivity contribution is 6.21. The van der Waals surface area contributed by atoms with Crippen LogP contribution in [0.2, 0.25) is 0 Å². The summed E-state index contributed by atoms with van der Waals surface area (Å²) in [6.45, 7) is 1.97. The average molecular weight is 505 g/mol. The van der Waals surface area contributed by atoms with E-state index in [1.807, 2.05) is 37.3 Å². The van der Waals surface area contributed by atoms with Gasteiger partial charge in [0.05, 0.1) is 34.9 Å². The van der Waals surface area contributed by atoms with Gasteiger partial charge in [0.1, 0.15) is 5.58 Å². The molecule has 1 aliphatic rings. The van der Waals surface area contributed by atoms with Crippen molar-refractivity contribution in [2.45, 2.75) is 13.5 Å². The first kappa shape index (κ1) is 23.2. The number of hydrogen-bond acceptors (Lipinski definition) is 7. The fourth-order valence-corrected chi connectivity index (χ4v) is 4.42. The highest BCUT2D eigenvalue weighted by Gasteiger charge is 2.36. The smallest absolute Gasteiger partial charge is 0.343 e. The van der Waals surface area contributed by atoms with E-state index in [2.05, 4.69) is 0 Å². The van der Waals surface area contributed by atoms with E-state index < -0.39 is 23.2 Å². The molecule has 5 aromatic rings. The van der Waals surface area contributed by atoms with Gasteiger partial charge in [0.25, 0.3) is 11.8 Å². The zero-order valence-electron chi connectivity index (χ0n) is 20.1. The quantitative estimate of drug-likeness (QED) is 0.233. The third-order valence-corrected chi connectivity index (χ3v) is 6.34. The number of nitrogens with zero attached hydrogens (tertiary/aromatic N) is 1. The summed E-state index contributed by atoms with van der Waals surface area (Å²) < 4.78 is 16.9. The van der Waals surface area contributed by atoms with E-state index in [-0.39, 0.29) is 45.9 Å². The molecule has 0 saturated heterocycles. The maximum atomic E-state index is 13.3. The van der Waals surface area contributed by atoms with Gasteiger partial charge in [-0.1, -0.05) is 36.4 Å². The highest BCUT2D eigenvalue weighted by atomic mass is 16.5. The zero-order chi connectivity index (χ0) is 26.4. The number of aryl methyl sites for hydroxylation is 1. The molecule has 3 aromatic carbocycles. The number of imide groups is 1. The van der Waals surface area contributed by atoms with Crippen LogP contribution in [0.1, 0.15) is 42.2 Å². The molecule has 6 rings (SSSR count). The highest BCUT2D eigenvalue weighted by Crippen LogP contribution is 2.32. The number of amides is 2. The van der Waals surface area contributed by atoms with Crippen LogP contribution in [0.4, 0.5) is 0 Å². The fourth-order valence-electron chi connectivity index (χ4n) is 4.42. The molecule has 38 heavy (non-hydrogen) atoms. The van der Waals surface area contributed by atoms with Gasteiger partial charge in [0.15, 0.2) is 5.76 Å². The third kappa shape index (κ3) is 3.88. The molecule has 0 radical (unpaired) electrons. The molecule has 0 spiro atoms. The standard InChI is InChI=1S/C30H19NO7/c1-17-9-11-21-24(14-17)37-26(23-8-5-13-36-23)27(25(21)32)38-30(35)19-10-12-20-22(15-19)29(34)31(28(20)33)16-18-6-3-2-4-7-18/h2-15H,16H2,1H3. The molecule has 0 aliphatic carbocycles. The van der Waals surface area contributed by atoms with Crippen LogP contribution in [0.5, 0.6) is 5.75 Å². The van der Waals surface area contributed by atoms with Crippen molar-refractivity contribution in [1.29, 1.82) is 0 Å². The van der Waals surface area contributed by atoms with Crippen molar-refractivity contribution in [1.82, 2.24) is 4.90 Å². The second-order valence-electron chi connectivity index (χ2n) is 8.90. The Morgan fingerprint density at radius 2 is 1.66 bits per heavy atom. The van der Waals surface area contributed by atoms with Crippen LogP contribution in [-0.2, 0) is 6.54 Å². The van der Waals surface area contributed by atoms with Crippen molar-refractivity contribution < 1.29 is 28.0 Å². The Bertz CT molecular complexity index is 1800. The molecule has 0 N–H and O–H groups in total. The summed E-state index contributed by atoms with van der Waals surface area (Å²) in [6, 6.07) is 21.5. The second-order valence-corrected chi connectivity index (χ2v) is 8.90. The summed E-state index contributed by atoms with van der Waals surface area (Å²) in [7, 11) is 0. The largest absolute Gasteiger partial charge is 0.461 e. The van der Waals surface area contributed by atoms with Gasteiger partial charge < -0.3 is 13.6 Å². The Morgan fingerprint density at radius 1 is 0.868 bits per heavy atom. The van der Waals surface area contributed by atoms with E-state index in [1.54, 1.807) is 30.3 Å². The van der Waals surface area contributed by atoms with Crippen LogP contribution in [0.25, 0.3) is 22.5 Å². The van der Waals surface area contributed by atoms with Gasteiger partial charge in [0.2, 0.25) is 16.9 Å². The number of ether oxygens (including phenoxy) is 1. The lowest BCUT2D eigenvalue weighted by atomic mass is 10.1. The lowest BCUT2D eigenvalue weighted by Crippen LogP contribution is -2.29. The Hall–Kier alpha value is -5.24. The fraction of sp³-hybridized carbons (Fsp3) is 0.0667. The molecule has 186 valence electrons. The minimum atomic E-state index is -0.888. The average Bonchev–Trinajstić information content (AvgIpc) is 3.54. The number of rotatable bonds is 5. The Kier molecular flexibility index (Phi) is 5.49. The second kappa shape index (κ2) is 9.01. The Labute approximate surface area is 215 Å². The summed E-state index contributed by atoms with van der Waals surface area (Å²) >= 11 is 0. The van der Waals surface area contributed by atoms with Gasteiger partial charge in [-0.2, -0.15) is 0 Å². The minimum Gasteiger partial charge on any atom is -0.461 e. The first-order valence-corrected chi connectivity index (χ1v) is 11.8. The summed E-state index contributed by atoms with van der Waals surface area (Å²) in [5.41, 5.74) is 1.74. The SMILES string of the molecule is Cc1ccc2c(=O)c(OC(=O)c3ccc4c(c3)C(=O)N(Cc3ccccc3)C4=O)c(-c3ccco3)oc2c1. The van der Waals surface area contributed by atoms with E-state index in [0.717, 1.165) is 16.0 Å². The van der Waals surface area contributed by atoms with Crippen LogP contribution >= 0.6 is 0 Å². The number of fused-ring (bicyclic) bond motifs is 2. The summed E-state index contributed by atoms with van der Waals surface area (Å²) in [4.78, 5) is 53.6. The molecule has 2 amide bonds. The van der Waals surface area contributed by atoms with Gasteiger partial charge in [-0.25, -0.2) is 4.79 Å². The van der Waals surface area contributed by atoms with Gasteiger partial charge in [-0.15, -0.1) is 0 Å². The van der Waals surface area contributed by atoms with Gasteiger partial charge >= 0.3 is 5.97 Å². The van der Waals surface area contributed by atoms with Gasteiger partial charge in [-0.05, 0) is 60.5 Å². The zero-order valence-corrected chi connectivity index (χ0v) is 20.1. The third-order valence-electron chi connectivity index (χ3n) is 6.34. The Morgan fingerprint density at radius 3 is 2.42 bits per heavy atom. The molecular weight excluding hydrogens is 486 g/mol. The predicted octanol–water partition coefficient (Wildman–Crippen LogP) is 5.38. The summed E-state index contributed by atoms with van der Waals surface area (Å²) in [5.74, 6) is -2.01. The van der Waals surface area contributed by atoms with Crippen molar-refractivity contribution >= 4 is 28.8 Å². The van der Waals surface area contributed by atoms with Crippen LogP contribution in [-0.4, -0.2) is 22.7 Å².